The highest BCUT2D eigenvalue weighted by Gasteiger charge is 2.13. The molecule has 0 aliphatic rings. The molecule has 0 aliphatic heterocycles. The molecule has 0 bridgehead atoms. The second kappa shape index (κ2) is 6.54. The topological polar surface area (TPSA) is 57.6 Å². The Morgan fingerprint density at radius 1 is 1.10 bits per heavy atom. The van der Waals surface area contributed by atoms with E-state index in [4.69, 9.17) is 5.11 Å². The van der Waals surface area contributed by atoms with E-state index in [1.807, 2.05) is 24.3 Å². The Hall–Kier alpha value is -2.14. The standard InChI is InChI=1S/C16H14BrNO3/c1-18(10-11-3-2-4-14(17)9-11)15(19)12-5-7-13(8-6-12)16(20)21/h2-9H,10H2,1H3,(H,20,21). The second-order valence-corrected chi connectivity index (χ2v) is 5.59. The van der Waals surface area contributed by atoms with Gasteiger partial charge in [-0.3, -0.25) is 4.79 Å². The van der Waals surface area contributed by atoms with Gasteiger partial charge in [-0.2, -0.15) is 0 Å². The maximum Gasteiger partial charge on any atom is 0.335 e. The lowest BCUT2D eigenvalue weighted by atomic mass is 10.1. The SMILES string of the molecule is CN(Cc1cccc(Br)c1)C(=O)c1ccc(C(=O)O)cc1. The van der Waals surface area contributed by atoms with Crippen LogP contribution in [0.4, 0.5) is 0 Å². The van der Waals surface area contributed by atoms with E-state index in [2.05, 4.69) is 15.9 Å². The van der Waals surface area contributed by atoms with Crippen molar-refractivity contribution in [2.24, 2.45) is 0 Å². The van der Waals surface area contributed by atoms with Crippen molar-refractivity contribution in [3.63, 3.8) is 0 Å². The van der Waals surface area contributed by atoms with E-state index in [1.165, 1.54) is 24.3 Å². The van der Waals surface area contributed by atoms with E-state index < -0.39 is 5.97 Å². The van der Waals surface area contributed by atoms with Crippen molar-refractivity contribution in [1.29, 1.82) is 0 Å². The fraction of sp³-hybridized carbons (Fsp3) is 0.125. The molecule has 0 aliphatic carbocycles. The minimum absolute atomic E-state index is 0.146. The number of hydrogen-bond acceptors (Lipinski definition) is 2. The Morgan fingerprint density at radius 2 is 1.71 bits per heavy atom. The smallest absolute Gasteiger partial charge is 0.335 e. The molecule has 0 unspecified atom stereocenters. The van der Waals surface area contributed by atoms with Gasteiger partial charge in [-0.05, 0) is 42.0 Å². The molecule has 2 rings (SSSR count). The van der Waals surface area contributed by atoms with Gasteiger partial charge in [0.2, 0.25) is 0 Å². The van der Waals surface area contributed by atoms with Crippen LogP contribution in [0.15, 0.2) is 53.0 Å². The lowest BCUT2D eigenvalue weighted by Gasteiger charge is -2.17. The number of hydrogen-bond donors (Lipinski definition) is 1. The summed E-state index contributed by atoms with van der Waals surface area (Å²) in [5.41, 5.74) is 1.65. The van der Waals surface area contributed by atoms with Gasteiger partial charge in [-0.1, -0.05) is 28.1 Å². The molecule has 0 heterocycles. The van der Waals surface area contributed by atoms with Crippen LogP contribution in [-0.4, -0.2) is 28.9 Å². The van der Waals surface area contributed by atoms with Crippen molar-refractivity contribution in [2.45, 2.75) is 6.54 Å². The Bertz CT molecular complexity index is 667. The predicted octanol–water partition coefficient (Wildman–Crippen LogP) is 3.42. The predicted molar refractivity (Wildman–Crippen MR) is 83.3 cm³/mol. The molecule has 0 saturated carbocycles. The number of carboxylic acid groups (broad SMARTS) is 1. The highest BCUT2D eigenvalue weighted by Crippen LogP contribution is 2.14. The lowest BCUT2D eigenvalue weighted by molar-refractivity contribution is 0.0695. The number of carbonyl (C=O) groups is 2. The summed E-state index contributed by atoms with van der Waals surface area (Å²) in [5.74, 6) is -1.15. The van der Waals surface area contributed by atoms with Crippen LogP contribution in [0, 0.1) is 0 Å². The molecule has 108 valence electrons. The number of halogens is 1. The Morgan fingerprint density at radius 3 is 2.29 bits per heavy atom. The van der Waals surface area contributed by atoms with E-state index in [1.54, 1.807) is 11.9 Å². The van der Waals surface area contributed by atoms with Crippen LogP contribution in [0.1, 0.15) is 26.3 Å². The van der Waals surface area contributed by atoms with E-state index in [9.17, 15) is 9.59 Å². The lowest BCUT2D eigenvalue weighted by Crippen LogP contribution is -2.26. The van der Waals surface area contributed by atoms with Gasteiger partial charge >= 0.3 is 5.97 Å². The zero-order valence-corrected chi connectivity index (χ0v) is 13.0. The van der Waals surface area contributed by atoms with Crippen LogP contribution in [0.2, 0.25) is 0 Å². The maximum atomic E-state index is 12.3. The van der Waals surface area contributed by atoms with E-state index in [-0.39, 0.29) is 11.5 Å². The highest BCUT2D eigenvalue weighted by molar-refractivity contribution is 9.10. The van der Waals surface area contributed by atoms with Crippen molar-refractivity contribution in [1.82, 2.24) is 4.90 Å². The molecule has 0 saturated heterocycles. The summed E-state index contributed by atoms with van der Waals surface area (Å²) in [6, 6.07) is 13.7. The third kappa shape index (κ3) is 3.92. The minimum Gasteiger partial charge on any atom is -0.478 e. The van der Waals surface area contributed by atoms with Gasteiger partial charge in [0.25, 0.3) is 5.91 Å². The molecule has 0 radical (unpaired) electrons. The number of aromatic carboxylic acids is 1. The zero-order chi connectivity index (χ0) is 15.4. The molecule has 4 nitrogen and oxygen atoms in total. The van der Waals surface area contributed by atoms with Crippen molar-refractivity contribution < 1.29 is 14.7 Å². The van der Waals surface area contributed by atoms with Gasteiger partial charge in [-0.25, -0.2) is 4.79 Å². The number of amides is 1. The van der Waals surface area contributed by atoms with E-state index in [0.29, 0.717) is 12.1 Å². The summed E-state index contributed by atoms with van der Waals surface area (Å²) in [5, 5.41) is 8.84. The van der Waals surface area contributed by atoms with Gasteiger partial charge in [0.1, 0.15) is 0 Å². The molecule has 21 heavy (non-hydrogen) atoms. The normalized spacial score (nSPS) is 10.2. The summed E-state index contributed by atoms with van der Waals surface area (Å²) < 4.78 is 0.965. The van der Waals surface area contributed by atoms with Crippen molar-refractivity contribution in [2.75, 3.05) is 7.05 Å². The third-order valence-electron chi connectivity index (χ3n) is 3.03. The van der Waals surface area contributed by atoms with Gasteiger partial charge in [-0.15, -0.1) is 0 Å². The van der Waals surface area contributed by atoms with Crippen molar-refractivity contribution in [3.8, 4) is 0 Å². The van der Waals surface area contributed by atoms with Gasteiger partial charge in [0.15, 0.2) is 0 Å². The van der Waals surface area contributed by atoms with Gasteiger partial charge in [0, 0.05) is 23.6 Å². The molecule has 1 N–H and O–H groups in total. The molecule has 2 aromatic rings. The van der Waals surface area contributed by atoms with Crippen LogP contribution >= 0.6 is 15.9 Å². The van der Waals surface area contributed by atoms with Crippen LogP contribution < -0.4 is 0 Å². The monoisotopic (exact) mass is 347 g/mol. The summed E-state index contributed by atoms with van der Waals surface area (Å²) >= 11 is 3.40. The minimum atomic E-state index is -1.00. The first-order valence-corrected chi connectivity index (χ1v) is 7.10. The first kappa shape index (κ1) is 15.3. The first-order valence-electron chi connectivity index (χ1n) is 6.30. The van der Waals surface area contributed by atoms with Crippen molar-refractivity contribution in [3.05, 3.63) is 69.7 Å². The first-order chi connectivity index (χ1) is 9.97. The molecule has 2 aromatic carbocycles. The quantitative estimate of drug-likeness (QED) is 0.921. The van der Waals surface area contributed by atoms with Gasteiger partial charge < -0.3 is 10.0 Å². The fourth-order valence-corrected chi connectivity index (χ4v) is 2.40. The third-order valence-corrected chi connectivity index (χ3v) is 3.53. The largest absolute Gasteiger partial charge is 0.478 e. The van der Waals surface area contributed by atoms with Crippen LogP contribution in [0.25, 0.3) is 0 Å². The maximum absolute atomic E-state index is 12.3. The second-order valence-electron chi connectivity index (χ2n) is 4.67. The average Bonchev–Trinajstić information content (AvgIpc) is 2.46. The van der Waals surface area contributed by atoms with Crippen LogP contribution in [-0.2, 0) is 6.54 Å². The molecule has 1 amide bonds. The average molecular weight is 348 g/mol. The molecular weight excluding hydrogens is 334 g/mol. The number of carbonyl (C=O) groups excluding carboxylic acids is 1. The number of nitrogens with zero attached hydrogens (tertiary/aromatic N) is 1. The number of rotatable bonds is 4. The summed E-state index contributed by atoms with van der Waals surface area (Å²) in [6.45, 7) is 0.485. The molecule has 0 atom stereocenters. The summed E-state index contributed by atoms with van der Waals surface area (Å²) in [7, 11) is 1.72. The zero-order valence-electron chi connectivity index (χ0n) is 11.4. The van der Waals surface area contributed by atoms with E-state index in [0.717, 1.165) is 10.0 Å². The Kier molecular flexibility index (Phi) is 4.75. The summed E-state index contributed by atoms with van der Waals surface area (Å²) in [4.78, 5) is 24.7. The molecule has 0 spiro atoms. The molecule has 5 heteroatoms. The van der Waals surface area contributed by atoms with Crippen LogP contribution in [0.5, 0.6) is 0 Å². The highest BCUT2D eigenvalue weighted by atomic mass is 79.9. The fourth-order valence-electron chi connectivity index (χ4n) is 1.96. The Balaban J connectivity index is 2.10. The molecule has 0 aromatic heterocycles. The van der Waals surface area contributed by atoms with Gasteiger partial charge in [0.05, 0.1) is 5.56 Å². The Labute approximate surface area is 131 Å². The number of carboxylic acids is 1. The number of benzene rings is 2. The summed E-state index contributed by atoms with van der Waals surface area (Å²) in [6.07, 6.45) is 0. The van der Waals surface area contributed by atoms with E-state index >= 15 is 0 Å². The molecule has 0 fully saturated rings. The van der Waals surface area contributed by atoms with Crippen LogP contribution in [0.3, 0.4) is 0 Å². The molecular formula is C16H14BrNO3. The van der Waals surface area contributed by atoms with Crippen molar-refractivity contribution >= 4 is 27.8 Å².